The van der Waals surface area contributed by atoms with Gasteiger partial charge >= 0.3 is 12.2 Å². The second-order valence-corrected chi connectivity index (χ2v) is 12.9. The van der Waals surface area contributed by atoms with E-state index in [4.69, 9.17) is 10.5 Å². The molecule has 2 aromatic carbocycles. The molecule has 2 N–H and O–H groups in total. The number of halogens is 6. The molecule has 0 unspecified atom stereocenters. The molecule has 4 aromatic rings. The van der Waals surface area contributed by atoms with Gasteiger partial charge in [0.2, 0.25) is 0 Å². The summed E-state index contributed by atoms with van der Waals surface area (Å²) in [5.74, 6) is -1.60. The molecular weight excluding hydrogens is 594 g/mol. The normalized spacial score (nSPS) is 24.5. The Labute approximate surface area is 246 Å². The van der Waals surface area contributed by atoms with E-state index < -0.39 is 40.6 Å². The summed E-state index contributed by atoms with van der Waals surface area (Å²) >= 11 is 0.763. The SMILES string of the molecule is C[C@@H]1CCN(c2nc(OC[C@@]34CCCN3C[C@H](F)C4)nc3c(F)c(-c4ccc(F)c5sc(N)nc45)c(C(F)(F)F)cc23)C1. The van der Waals surface area contributed by atoms with Crippen molar-refractivity contribution in [1.82, 2.24) is 19.9 Å². The smallest absolute Gasteiger partial charge is 0.417 e. The number of nitrogens with zero attached hydrogens (tertiary/aromatic N) is 5. The quantitative estimate of drug-likeness (QED) is 0.252. The average Bonchev–Trinajstić information content (AvgIpc) is 3.71. The number of rotatable bonds is 5. The lowest BCUT2D eigenvalue weighted by atomic mass is 9.95. The first-order valence-corrected chi connectivity index (χ1v) is 15.0. The van der Waals surface area contributed by atoms with Crippen LogP contribution in [0.5, 0.6) is 6.01 Å². The van der Waals surface area contributed by atoms with Crippen molar-refractivity contribution in [2.75, 3.05) is 43.4 Å². The highest BCUT2D eigenvalue weighted by atomic mass is 32.1. The zero-order valence-corrected chi connectivity index (χ0v) is 24.0. The first-order valence-electron chi connectivity index (χ1n) is 14.2. The van der Waals surface area contributed by atoms with Crippen LogP contribution in [0, 0.1) is 17.6 Å². The third-order valence-electron chi connectivity index (χ3n) is 8.93. The van der Waals surface area contributed by atoms with E-state index >= 15 is 4.39 Å². The molecule has 0 saturated carbocycles. The van der Waals surface area contributed by atoms with Gasteiger partial charge in [0, 0.05) is 42.6 Å². The Bertz CT molecular complexity index is 1750. The third-order valence-corrected chi connectivity index (χ3v) is 9.82. The molecular formula is C29H28F6N6OS. The zero-order chi connectivity index (χ0) is 30.3. The van der Waals surface area contributed by atoms with E-state index in [0.717, 1.165) is 55.3 Å². The van der Waals surface area contributed by atoms with Crippen LogP contribution in [0.15, 0.2) is 18.2 Å². The van der Waals surface area contributed by atoms with Crippen LogP contribution < -0.4 is 15.4 Å². The second-order valence-electron chi connectivity index (χ2n) is 11.9. The topological polar surface area (TPSA) is 80.4 Å². The number of hydrogen-bond donors (Lipinski definition) is 1. The fraction of sp³-hybridized carbons (Fsp3) is 0.483. The first kappa shape index (κ1) is 28.4. The summed E-state index contributed by atoms with van der Waals surface area (Å²) in [5.41, 5.74) is 2.37. The van der Waals surface area contributed by atoms with Crippen molar-refractivity contribution in [1.29, 1.82) is 0 Å². The highest BCUT2D eigenvalue weighted by Gasteiger charge is 2.49. The third kappa shape index (κ3) is 4.73. The Morgan fingerprint density at radius 1 is 1.12 bits per heavy atom. The molecule has 3 aliphatic heterocycles. The van der Waals surface area contributed by atoms with Gasteiger partial charge < -0.3 is 15.4 Å². The Morgan fingerprint density at radius 2 is 1.93 bits per heavy atom. The lowest BCUT2D eigenvalue weighted by molar-refractivity contribution is -0.137. The van der Waals surface area contributed by atoms with Crippen LogP contribution in [0.3, 0.4) is 0 Å². The van der Waals surface area contributed by atoms with E-state index in [2.05, 4.69) is 19.9 Å². The predicted octanol–water partition coefficient (Wildman–Crippen LogP) is 6.59. The molecule has 14 heteroatoms. The van der Waals surface area contributed by atoms with Crippen LogP contribution >= 0.6 is 11.3 Å². The number of ether oxygens (including phenoxy) is 1. The average molecular weight is 623 g/mol. The largest absolute Gasteiger partial charge is 0.461 e. The maximum Gasteiger partial charge on any atom is 0.417 e. The summed E-state index contributed by atoms with van der Waals surface area (Å²) in [4.78, 5) is 16.7. The Morgan fingerprint density at radius 3 is 2.67 bits per heavy atom. The van der Waals surface area contributed by atoms with Gasteiger partial charge in [0.05, 0.1) is 21.3 Å². The van der Waals surface area contributed by atoms with E-state index in [1.807, 2.05) is 11.8 Å². The molecule has 0 spiro atoms. The Kier molecular flexibility index (Phi) is 6.65. The number of nitrogens with two attached hydrogens (primary N) is 1. The minimum atomic E-state index is -4.98. The van der Waals surface area contributed by atoms with Crippen molar-refractivity contribution >= 4 is 43.4 Å². The molecule has 0 amide bonds. The van der Waals surface area contributed by atoms with Gasteiger partial charge in [0.15, 0.2) is 10.9 Å². The van der Waals surface area contributed by atoms with Crippen LogP contribution in [0.4, 0.5) is 37.3 Å². The lowest BCUT2D eigenvalue weighted by Gasteiger charge is -2.31. The van der Waals surface area contributed by atoms with Crippen LogP contribution in [0.1, 0.15) is 38.2 Å². The number of aromatic nitrogens is 3. The number of anilines is 2. The number of alkyl halides is 4. The standard InChI is InChI=1S/C29H28F6N6OS/c1-14-5-8-40(11-14)25-17-9-18(29(33,34)35)20(16-3-4-19(31)24-23(16)37-26(36)43-24)21(32)22(17)38-27(39-25)42-13-28-6-2-7-41(28)12-15(30)10-28/h3-4,9,14-15H,2,5-8,10-13H2,1H3,(H2,36,37)/t14-,15-,28+/m1/s1. The summed E-state index contributed by atoms with van der Waals surface area (Å²) in [5, 5.41) is -0.182. The molecule has 3 fully saturated rings. The number of benzene rings is 2. The van der Waals surface area contributed by atoms with Gasteiger partial charge in [0.25, 0.3) is 0 Å². The predicted molar refractivity (Wildman–Crippen MR) is 152 cm³/mol. The van der Waals surface area contributed by atoms with Crippen molar-refractivity contribution in [3.05, 3.63) is 35.4 Å². The molecule has 43 heavy (non-hydrogen) atoms. The molecule has 5 heterocycles. The minimum Gasteiger partial charge on any atom is -0.461 e. The molecule has 7 nitrogen and oxygen atoms in total. The molecule has 0 radical (unpaired) electrons. The highest BCUT2D eigenvalue weighted by Crippen LogP contribution is 2.46. The van der Waals surface area contributed by atoms with Gasteiger partial charge in [-0.05, 0) is 49.9 Å². The molecule has 3 atom stereocenters. The number of nitrogen functional groups attached to an aromatic ring is 1. The van der Waals surface area contributed by atoms with Gasteiger partial charge in [0.1, 0.15) is 29.9 Å². The Balaban J connectivity index is 1.43. The molecule has 0 bridgehead atoms. The molecule has 0 aliphatic carbocycles. The van der Waals surface area contributed by atoms with E-state index in [9.17, 15) is 22.0 Å². The first-order chi connectivity index (χ1) is 20.4. The van der Waals surface area contributed by atoms with Crippen molar-refractivity contribution < 1.29 is 31.1 Å². The van der Waals surface area contributed by atoms with Crippen molar-refractivity contribution in [2.24, 2.45) is 5.92 Å². The van der Waals surface area contributed by atoms with Crippen LogP contribution in [-0.4, -0.2) is 64.3 Å². The van der Waals surface area contributed by atoms with E-state index in [1.165, 1.54) is 0 Å². The highest BCUT2D eigenvalue weighted by molar-refractivity contribution is 7.22. The summed E-state index contributed by atoms with van der Waals surface area (Å²) in [7, 11) is 0. The fourth-order valence-electron chi connectivity index (χ4n) is 6.95. The lowest BCUT2D eigenvalue weighted by Crippen LogP contribution is -2.43. The maximum absolute atomic E-state index is 16.6. The second kappa shape index (κ2) is 10.1. The number of fused-ring (bicyclic) bond motifs is 3. The van der Waals surface area contributed by atoms with Crippen molar-refractivity contribution in [3.8, 4) is 17.1 Å². The monoisotopic (exact) mass is 622 g/mol. The number of hydrogen-bond acceptors (Lipinski definition) is 8. The van der Waals surface area contributed by atoms with Crippen molar-refractivity contribution in [3.63, 3.8) is 0 Å². The summed E-state index contributed by atoms with van der Waals surface area (Å²) in [6.07, 6.45) is -3.28. The van der Waals surface area contributed by atoms with Crippen LogP contribution in [0.25, 0.3) is 32.2 Å². The summed E-state index contributed by atoms with van der Waals surface area (Å²) < 4.78 is 95.4. The van der Waals surface area contributed by atoms with E-state index in [0.29, 0.717) is 26.1 Å². The van der Waals surface area contributed by atoms with Gasteiger partial charge in [-0.15, -0.1) is 0 Å². The molecule has 2 aromatic heterocycles. The summed E-state index contributed by atoms with van der Waals surface area (Å²) in [6.45, 7) is 4.15. The zero-order valence-electron chi connectivity index (χ0n) is 23.1. The maximum atomic E-state index is 16.6. The van der Waals surface area contributed by atoms with Crippen molar-refractivity contribution in [2.45, 2.75) is 50.5 Å². The molecule has 228 valence electrons. The van der Waals surface area contributed by atoms with Crippen LogP contribution in [-0.2, 0) is 6.18 Å². The Hall–Kier alpha value is -3.39. The molecule has 3 saturated heterocycles. The molecule has 7 rings (SSSR count). The number of thiazole rings is 1. The van der Waals surface area contributed by atoms with Gasteiger partial charge in [-0.1, -0.05) is 18.3 Å². The minimum absolute atomic E-state index is 0.0673. The van der Waals surface area contributed by atoms with Gasteiger partial charge in [-0.25, -0.2) is 18.2 Å². The van der Waals surface area contributed by atoms with Crippen LogP contribution in [0.2, 0.25) is 0 Å². The van der Waals surface area contributed by atoms with Gasteiger partial charge in [-0.2, -0.15) is 23.1 Å². The van der Waals surface area contributed by atoms with E-state index in [1.54, 1.807) is 0 Å². The van der Waals surface area contributed by atoms with Gasteiger partial charge in [-0.3, -0.25) is 4.90 Å². The summed E-state index contributed by atoms with van der Waals surface area (Å²) in [6, 6.07) is 2.69. The fourth-order valence-corrected chi connectivity index (χ4v) is 7.72. The molecule has 3 aliphatic rings. The van der Waals surface area contributed by atoms with E-state index in [-0.39, 0.29) is 56.2 Å².